The van der Waals surface area contributed by atoms with Crippen molar-refractivity contribution in [2.24, 2.45) is 0 Å². The van der Waals surface area contributed by atoms with Crippen LogP contribution in [0.4, 0.5) is 5.69 Å². The van der Waals surface area contributed by atoms with Crippen molar-refractivity contribution in [2.45, 2.75) is 38.1 Å². The molecule has 1 saturated carbocycles. The van der Waals surface area contributed by atoms with E-state index in [0.717, 1.165) is 36.9 Å². The molecule has 0 heterocycles. The van der Waals surface area contributed by atoms with Crippen LogP contribution >= 0.6 is 11.6 Å². The minimum absolute atomic E-state index is 0.0836. The summed E-state index contributed by atoms with van der Waals surface area (Å²) in [5.74, 6) is -0.102. The summed E-state index contributed by atoms with van der Waals surface area (Å²) in [5, 5.41) is 16.2. The number of halogens is 1. The number of anilines is 1. The Bertz CT molecular complexity index is 485. The molecular weight excluding hydrogens is 276 g/mol. The Kier molecular flexibility index (Phi) is 5.02. The Balaban J connectivity index is 1.89. The van der Waals surface area contributed by atoms with Crippen LogP contribution < -0.4 is 10.6 Å². The number of aliphatic hydroxyl groups is 1. The van der Waals surface area contributed by atoms with Crippen molar-refractivity contribution in [2.75, 3.05) is 18.5 Å². The molecule has 20 heavy (non-hydrogen) atoms. The molecule has 0 unspecified atom stereocenters. The first-order valence-corrected chi connectivity index (χ1v) is 7.34. The van der Waals surface area contributed by atoms with Gasteiger partial charge in [-0.1, -0.05) is 24.4 Å². The Hall–Kier alpha value is -1.10. The molecule has 0 spiro atoms. The highest BCUT2D eigenvalue weighted by Crippen LogP contribution is 2.28. The molecule has 0 aromatic heterocycles. The number of aryl methyl sites for hydroxylation is 1. The molecule has 0 saturated heterocycles. The minimum atomic E-state index is -0.271. The molecule has 0 atom stereocenters. The molecule has 0 radical (unpaired) electrons. The van der Waals surface area contributed by atoms with E-state index in [4.69, 9.17) is 11.6 Å². The van der Waals surface area contributed by atoms with Gasteiger partial charge in [-0.15, -0.1) is 0 Å². The highest BCUT2D eigenvalue weighted by molar-refractivity contribution is 6.30. The normalized spacial score (nSPS) is 17.1. The average molecular weight is 297 g/mol. The Morgan fingerprint density at radius 1 is 1.40 bits per heavy atom. The first-order valence-electron chi connectivity index (χ1n) is 6.97. The topological polar surface area (TPSA) is 61.4 Å². The fraction of sp³-hybridized carbons (Fsp3) is 0.533. The standard InChI is InChI=1S/C15H21ClN2O2/c1-11-8-12(16)4-5-13(11)18-14(20)9-17-15(10-19)6-2-3-7-15/h4-5,8,17,19H,2-3,6-7,9-10H2,1H3,(H,18,20). The Labute approximate surface area is 124 Å². The number of aliphatic hydroxyl groups excluding tert-OH is 1. The molecule has 110 valence electrons. The molecule has 1 amide bonds. The predicted octanol–water partition coefficient (Wildman–Crippen LogP) is 2.48. The van der Waals surface area contributed by atoms with Crippen molar-refractivity contribution < 1.29 is 9.90 Å². The summed E-state index contributed by atoms with van der Waals surface area (Å²) in [4.78, 5) is 12.0. The molecule has 1 fully saturated rings. The molecule has 1 aromatic carbocycles. The van der Waals surface area contributed by atoms with Gasteiger partial charge in [0.15, 0.2) is 0 Å². The molecule has 3 N–H and O–H groups in total. The van der Waals surface area contributed by atoms with Gasteiger partial charge in [0.25, 0.3) is 0 Å². The molecule has 4 nitrogen and oxygen atoms in total. The molecule has 0 bridgehead atoms. The van der Waals surface area contributed by atoms with Crippen molar-refractivity contribution in [1.82, 2.24) is 5.32 Å². The van der Waals surface area contributed by atoms with Crippen molar-refractivity contribution in [3.05, 3.63) is 28.8 Å². The van der Waals surface area contributed by atoms with Crippen LogP contribution in [0.1, 0.15) is 31.2 Å². The van der Waals surface area contributed by atoms with Crippen LogP contribution in [0.2, 0.25) is 5.02 Å². The van der Waals surface area contributed by atoms with Crippen LogP contribution in [0.3, 0.4) is 0 Å². The number of carbonyl (C=O) groups excluding carboxylic acids is 1. The maximum absolute atomic E-state index is 12.0. The van der Waals surface area contributed by atoms with Gasteiger partial charge in [0, 0.05) is 16.2 Å². The summed E-state index contributed by atoms with van der Waals surface area (Å²) in [6.45, 7) is 2.20. The van der Waals surface area contributed by atoms with Crippen molar-refractivity contribution >= 4 is 23.2 Å². The lowest BCUT2D eigenvalue weighted by molar-refractivity contribution is -0.115. The number of hydrogen-bond donors (Lipinski definition) is 3. The SMILES string of the molecule is Cc1cc(Cl)ccc1NC(=O)CNC1(CO)CCCC1. The van der Waals surface area contributed by atoms with E-state index in [2.05, 4.69) is 10.6 Å². The minimum Gasteiger partial charge on any atom is -0.394 e. The van der Waals surface area contributed by atoms with Crippen LogP contribution in [0.25, 0.3) is 0 Å². The lowest BCUT2D eigenvalue weighted by Crippen LogP contribution is -2.49. The highest BCUT2D eigenvalue weighted by Gasteiger charge is 2.32. The van der Waals surface area contributed by atoms with Crippen LogP contribution in [0.5, 0.6) is 0 Å². The fourth-order valence-electron chi connectivity index (χ4n) is 2.67. The summed E-state index contributed by atoms with van der Waals surface area (Å²) < 4.78 is 0. The van der Waals surface area contributed by atoms with Crippen LogP contribution in [-0.4, -0.2) is 29.7 Å². The lowest BCUT2D eigenvalue weighted by atomic mass is 9.99. The van der Waals surface area contributed by atoms with Crippen molar-refractivity contribution in [1.29, 1.82) is 0 Å². The maximum Gasteiger partial charge on any atom is 0.238 e. The zero-order valence-electron chi connectivity index (χ0n) is 11.7. The van der Waals surface area contributed by atoms with Crippen LogP contribution in [-0.2, 0) is 4.79 Å². The van der Waals surface area contributed by atoms with Gasteiger partial charge in [-0.25, -0.2) is 0 Å². The number of nitrogens with one attached hydrogen (secondary N) is 2. The lowest BCUT2D eigenvalue weighted by Gasteiger charge is -2.27. The number of hydrogen-bond acceptors (Lipinski definition) is 3. The summed E-state index contributed by atoms with van der Waals surface area (Å²) in [7, 11) is 0. The second-order valence-corrected chi connectivity index (χ2v) is 5.94. The predicted molar refractivity (Wildman–Crippen MR) is 81.1 cm³/mol. The zero-order valence-corrected chi connectivity index (χ0v) is 12.5. The molecule has 1 aliphatic rings. The third-order valence-corrected chi connectivity index (χ3v) is 4.18. The zero-order chi connectivity index (χ0) is 14.6. The van der Waals surface area contributed by atoms with Crippen LogP contribution in [0, 0.1) is 6.92 Å². The number of rotatable bonds is 5. The van der Waals surface area contributed by atoms with Crippen molar-refractivity contribution in [3.63, 3.8) is 0 Å². The quantitative estimate of drug-likeness (QED) is 0.782. The van der Waals surface area contributed by atoms with E-state index in [1.807, 2.05) is 13.0 Å². The van der Waals surface area contributed by atoms with Gasteiger partial charge in [0.1, 0.15) is 0 Å². The van der Waals surface area contributed by atoms with Gasteiger partial charge in [0.2, 0.25) is 5.91 Å². The molecule has 5 heteroatoms. The third kappa shape index (κ3) is 3.72. The van der Waals surface area contributed by atoms with Gasteiger partial charge in [0.05, 0.1) is 13.2 Å². The number of carbonyl (C=O) groups is 1. The second-order valence-electron chi connectivity index (χ2n) is 5.51. The number of amides is 1. The van der Waals surface area contributed by atoms with E-state index in [9.17, 15) is 9.90 Å². The summed E-state index contributed by atoms with van der Waals surface area (Å²) in [5.41, 5.74) is 1.43. The average Bonchev–Trinajstić information content (AvgIpc) is 2.89. The smallest absolute Gasteiger partial charge is 0.238 e. The Morgan fingerprint density at radius 3 is 2.70 bits per heavy atom. The second kappa shape index (κ2) is 6.57. The fourth-order valence-corrected chi connectivity index (χ4v) is 2.90. The Morgan fingerprint density at radius 2 is 2.10 bits per heavy atom. The first-order chi connectivity index (χ1) is 9.54. The molecule has 2 rings (SSSR count). The monoisotopic (exact) mass is 296 g/mol. The van der Waals surface area contributed by atoms with E-state index < -0.39 is 0 Å². The van der Waals surface area contributed by atoms with E-state index in [1.54, 1.807) is 12.1 Å². The van der Waals surface area contributed by atoms with E-state index in [-0.39, 0.29) is 24.6 Å². The number of benzene rings is 1. The van der Waals surface area contributed by atoms with Gasteiger partial charge in [-0.2, -0.15) is 0 Å². The van der Waals surface area contributed by atoms with Gasteiger partial charge in [-0.05, 0) is 43.5 Å². The molecule has 0 aliphatic heterocycles. The van der Waals surface area contributed by atoms with Gasteiger partial charge in [-0.3, -0.25) is 4.79 Å². The molecular formula is C15H21ClN2O2. The third-order valence-electron chi connectivity index (χ3n) is 3.95. The maximum atomic E-state index is 12.0. The summed E-state index contributed by atoms with van der Waals surface area (Å²) in [6, 6.07) is 5.37. The van der Waals surface area contributed by atoms with Gasteiger partial charge >= 0.3 is 0 Å². The van der Waals surface area contributed by atoms with Crippen molar-refractivity contribution in [3.8, 4) is 0 Å². The van der Waals surface area contributed by atoms with E-state index in [0.29, 0.717) is 5.02 Å². The first kappa shape index (κ1) is 15.3. The summed E-state index contributed by atoms with van der Waals surface area (Å²) in [6.07, 6.45) is 4.06. The van der Waals surface area contributed by atoms with E-state index >= 15 is 0 Å². The molecule has 1 aromatic rings. The summed E-state index contributed by atoms with van der Waals surface area (Å²) >= 11 is 5.88. The van der Waals surface area contributed by atoms with Crippen LogP contribution in [0.15, 0.2) is 18.2 Å². The molecule has 1 aliphatic carbocycles. The largest absolute Gasteiger partial charge is 0.394 e. The highest BCUT2D eigenvalue weighted by atomic mass is 35.5. The van der Waals surface area contributed by atoms with Gasteiger partial charge < -0.3 is 15.7 Å². The van der Waals surface area contributed by atoms with E-state index in [1.165, 1.54) is 0 Å².